The van der Waals surface area contributed by atoms with Crippen molar-refractivity contribution in [3.05, 3.63) is 0 Å². The first-order valence-electron chi connectivity index (χ1n) is 12.2. The highest BCUT2D eigenvalue weighted by Crippen LogP contribution is 2.31. The minimum Gasteiger partial charge on any atom is -0.375 e. The van der Waals surface area contributed by atoms with Crippen LogP contribution in [0.5, 0.6) is 0 Å². The molecule has 1 aliphatic carbocycles. The molecule has 1 aliphatic heterocycles. The van der Waals surface area contributed by atoms with Crippen molar-refractivity contribution >= 4 is 0 Å². The van der Waals surface area contributed by atoms with Crippen molar-refractivity contribution in [3.8, 4) is 0 Å². The fourth-order valence-electron chi connectivity index (χ4n) is 5.12. The van der Waals surface area contributed by atoms with Gasteiger partial charge >= 0.3 is 0 Å². The maximum absolute atomic E-state index is 6.22. The van der Waals surface area contributed by atoms with Gasteiger partial charge in [-0.2, -0.15) is 0 Å². The number of ether oxygens (including phenoxy) is 1. The molecule has 2 aliphatic rings. The van der Waals surface area contributed by atoms with E-state index >= 15 is 0 Å². The number of hydrogen-bond acceptors (Lipinski definition) is 3. The first kappa shape index (κ1) is 23.2. The van der Waals surface area contributed by atoms with Crippen LogP contribution in [0, 0.1) is 5.92 Å². The van der Waals surface area contributed by atoms with Gasteiger partial charge in [-0.05, 0) is 71.6 Å². The lowest BCUT2D eigenvalue weighted by molar-refractivity contribution is -0.0321. The molecular weight excluding hydrogens is 332 g/mol. The first-order valence-corrected chi connectivity index (χ1v) is 12.2. The molecule has 0 aromatic heterocycles. The summed E-state index contributed by atoms with van der Waals surface area (Å²) in [6.45, 7) is 16.7. The van der Waals surface area contributed by atoms with Crippen LogP contribution in [0.15, 0.2) is 0 Å². The average Bonchev–Trinajstić information content (AvgIpc) is 2.69. The predicted octanol–water partition coefficient (Wildman–Crippen LogP) is 5.73. The fourth-order valence-corrected chi connectivity index (χ4v) is 5.12. The summed E-state index contributed by atoms with van der Waals surface area (Å²) in [6.07, 6.45) is 14.3. The van der Waals surface area contributed by atoms with E-state index in [1.807, 2.05) is 0 Å². The van der Waals surface area contributed by atoms with Crippen molar-refractivity contribution in [1.29, 1.82) is 0 Å². The molecule has 3 nitrogen and oxygen atoms in total. The molecule has 0 aromatic carbocycles. The van der Waals surface area contributed by atoms with Crippen LogP contribution in [0.3, 0.4) is 0 Å². The Kier molecular flexibility index (Phi) is 10.7. The average molecular weight is 381 g/mol. The summed E-state index contributed by atoms with van der Waals surface area (Å²) in [5.41, 5.74) is 0. The number of hydrogen-bond donors (Lipinski definition) is 0. The van der Waals surface area contributed by atoms with Gasteiger partial charge in [0.25, 0.3) is 0 Å². The van der Waals surface area contributed by atoms with Crippen molar-refractivity contribution < 1.29 is 4.74 Å². The van der Waals surface area contributed by atoms with Crippen LogP contribution in [0.1, 0.15) is 98.8 Å². The van der Waals surface area contributed by atoms with Crippen LogP contribution in [0.4, 0.5) is 0 Å². The van der Waals surface area contributed by atoms with Crippen LogP contribution >= 0.6 is 0 Å². The SMILES string of the molecule is CCCC(C)O[C@H]1CC[C@H](CCC[C@@H](C)N2CCN(C(C)CC)CC2)CC1. The van der Waals surface area contributed by atoms with E-state index in [0.717, 1.165) is 18.0 Å². The fraction of sp³-hybridized carbons (Fsp3) is 1.00. The lowest BCUT2D eigenvalue weighted by atomic mass is 9.84. The Morgan fingerprint density at radius 2 is 1.41 bits per heavy atom. The monoisotopic (exact) mass is 380 g/mol. The summed E-state index contributed by atoms with van der Waals surface area (Å²) >= 11 is 0. The molecule has 0 amide bonds. The Labute approximate surface area is 170 Å². The highest BCUT2D eigenvalue weighted by molar-refractivity contribution is 4.80. The minimum absolute atomic E-state index is 0.457. The topological polar surface area (TPSA) is 15.7 Å². The zero-order chi connectivity index (χ0) is 19.6. The molecule has 0 bridgehead atoms. The van der Waals surface area contributed by atoms with Gasteiger partial charge < -0.3 is 4.74 Å². The molecule has 3 atom stereocenters. The molecule has 160 valence electrons. The Balaban J connectivity index is 1.55. The molecule has 27 heavy (non-hydrogen) atoms. The molecule has 1 saturated heterocycles. The Morgan fingerprint density at radius 3 is 1.96 bits per heavy atom. The molecule has 2 rings (SSSR count). The quantitative estimate of drug-likeness (QED) is 0.455. The summed E-state index contributed by atoms with van der Waals surface area (Å²) in [7, 11) is 0. The lowest BCUT2D eigenvalue weighted by Gasteiger charge is -2.40. The van der Waals surface area contributed by atoms with Crippen molar-refractivity contribution in [2.24, 2.45) is 5.92 Å². The third-order valence-electron chi connectivity index (χ3n) is 7.33. The van der Waals surface area contributed by atoms with Gasteiger partial charge in [-0.25, -0.2) is 0 Å². The summed E-state index contributed by atoms with van der Waals surface area (Å²) in [6, 6.07) is 1.52. The lowest BCUT2D eigenvalue weighted by Crippen LogP contribution is -2.51. The van der Waals surface area contributed by atoms with Crippen LogP contribution in [0.2, 0.25) is 0 Å². The minimum atomic E-state index is 0.457. The van der Waals surface area contributed by atoms with Gasteiger partial charge in [-0.3, -0.25) is 9.80 Å². The number of rotatable bonds is 11. The second kappa shape index (κ2) is 12.4. The van der Waals surface area contributed by atoms with Crippen molar-refractivity contribution in [3.63, 3.8) is 0 Å². The third kappa shape index (κ3) is 8.03. The summed E-state index contributed by atoms with van der Waals surface area (Å²) < 4.78 is 6.22. The van der Waals surface area contributed by atoms with Crippen LogP contribution in [0.25, 0.3) is 0 Å². The van der Waals surface area contributed by atoms with Crippen molar-refractivity contribution in [2.45, 2.75) is 123 Å². The molecule has 3 heteroatoms. The van der Waals surface area contributed by atoms with Crippen LogP contribution in [-0.2, 0) is 4.74 Å². The van der Waals surface area contributed by atoms with E-state index in [2.05, 4.69) is 44.4 Å². The second-order valence-electron chi connectivity index (χ2n) is 9.49. The van der Waals surface area contributed by atoms with Crippen molar-refractivity contribution in [1.82, 2.24) is 9.80 Å². The highest BCUT2D eigenvalue weighted by Gasteiger charge is 2.25. The van der Waals surface area contributed by atoms with Gasteiger partial charge in [0.15, 0.2) is 0 Å². The highest BCUT2D eigenvalue weighted by atomic mass is 16.5. The predicted molar refractivity (Wildman–Crippen MR) is 117 cm³/mol. The van der Waals surface area contributed by atoms with Gasteiger partial charge in [-0.15, -0.1) is 0 Å². The Bertz CT molecular complexity index is 373. The molecule has 2 fully saturated rings. The van der Waals surface area contributed by atoms with E-state index in [-0.39, 0.29) is 0 Å². The van der Waals surface area contributed by atoms with Crippen molar-refractivity contribution in [2.75, 3.05) is 26.2 Å². The third-order valence-corrected chi connectivity index (χ3v) is 7.33. The molecule has 1 saturated carbocycles. The molecule has 1 heterocycles. The maximum atomic E-state index is 6.22. The Hall–Kier alpha value is -0.120. The van der Waals surface area contributed by atoms with E-state index in [4.69, 9.17) is 4.74 Å². The van der Waals surface area contributed by atoms with E-state index in [1.54, 1.807) is 0 Å². The molecule has 2 unspecified atom stereocenters. The zero-order valence-corrected chi connectivity index (χ0v) is 19.1. The maximum Gasteiger partial charge on any atom is 0.0579 e. The second-order valence-corrected chi connectivity index (χ2v) is 9.49. The standard InChI is InChI=1S/C24H48N2O/c1-6-9-22(5)27-24-14-12-23(13-15-24)11-8-10-21(4)26-18-16-25(17-19-26)20(3)7-2/h20-24H,6-19H2,1-5H3/t20?,21-,22?,23-,24-/m1/s1. The van der Waals surface area contributed by atoms with Gasteiger partial charge in [0, 0.05) is 38.3 Å². The largest absolute Gasteiger partial charge is 0.375 e. The first-order chi connectivity index (χ1) is 13.0. The van der Waals surface area contributed by atoms with E-state index < -0.39 is 0 Å². The Morgan fingerprint density at radius 1 is 0.815 bits per heavy atom. The number of piperazine rings is 1. The van der Waals surface area contributed by atoms with E-state index in [0.29, 0.717) is 12.2 Å². The summed E-state index contributed by atoms with van der Waals surface area (Å²) in [5, 5.41) is 0. The van der Waals surface area contributed by atoms with Crippen LogP contribution in [-0.4, -0.2) is 60.3 Å². The summed E-state index contributed by atoms with van der Waals surface area (Å²) in [4.78, 5) is 5.41. The van der Waals surface area contributed by atoms with Gasteiger partial charge in [0.2, 0.25) is 0 Å². The van der Waals surface area contributed by atoms with E-state index in [9.17, 15) is 0 Å². The van der Waals surface area contributed by atoms with Crippen LogP contribution < -0.4 is 0 Å². The molecular formula is C24H48N2O. The molecule has 0 radical (unpaired) electrons. The summed E-state index contributed by atoms with van der Waals surface area (Å²) in [5.74, 6) is 0.959. The van der Waals surface area contributed by atoms with Gasteiger partial charge in [-0.1, -0.05) is 33.1 Å². The van der Waals surface area contributed by atoms with Gasteiger partial charge in [0.1, 0.15) is 0 Å². The molecule has 0 N–H and O–H groups in total. The number of nitrogens with zero attached hydrogens (tertiary/aromatic N) is 2. The van der Waals surface area contributed by atoms with Gasteiger partial charge in [0.05, 0.1) is 12.2 Å². The van der Waals surface area contributed by atoms with E-state index in [1.165, 1.54) is 90.4 Å². The smallest absolute Gasteiger partial charge is 0.0579 e. The zero-order valence-electron chi connectivity index (χ0n) is 19.1. The molecule has 0 aromatic rings. The normalized spacial score (nSPS) is 28.8. The molecule has 0 spiro atoms.